The van der Waals surface area contributed by atoms with Crippen molar-refractivity contribution in [2.45, 2.75) is 70.4 Å². The van der Waals surface area contributed by atoms with Crippen molar-refractivity contribution in [3.05, 3.63) is 23.3 Å². The van der Waals surface area contributed by atoms with E-state index in [1.807, 2.05) is 6.92 Å². The summed E-state index contributed by atoms with van der Waals surface area (Å²) in [5.41, 5.74) is 2.42. The number of nitrogens with one attached hydrogen (secondary N) is 2. The van der Waals surface area contributed by atoms with Crippen LogP contribution in [0.1, 0.15) is 63.0 Å². The number of amides is 1. The molecule has 0 aromatic heterocycles. The maximum Gasteiger partial charge on any atom is 0.220 e. The molecule has 1 amide bonds. The van der Waals surface area contributed by atoms with Crippen LogP contribution in [0.4, 0.5) is 0 Å². The smallest absolute Gasteiger partial charge is 0.220 e. The van der Waals surface area contributed by atoms with E-state index in [4.69, 9.17) is 9.47 Å². The largest absolute Gasteiger partial charge is 0.494 e. The predicted octanol–water partition coefficient (Wildman–Crippen LogP) is 3.58. The van der Waals surface area contributed by atoms with E-state index in [2.05, 4.69) is 29.7 Å². The summed E-state index contributed by atoms with van der Waals surface area (Å²) in [6.07, 6.45) is 6.23. The summed E-state index contributed by atoms with van der Waals surface area (Å²) in [5, 5.41) is 6.62. The lowest BCUT2D eigenvalue weighted by Crippen LogP contribution is -2.30. The van der Waals surface area contributed by atoms with E-state index < -0.39 is 0 Å². The SMILES string of the molecule is CCOc1cc2c(cc1C1CC1NC(=O)CCC1CCNCC1)OC(C)C2.Cl. The van der Waals surface area contributed by atoms with E-state index in [-0.39, 0.29) is 30.5 Å². The fourth-order valence-corrected chi connectivity index (χ4v) is 4.51. The van der Waals surface area contributed by atoms with Gasteiger partial charge in [0, 0.05) is 35.9 Å². The summed E-state index contributed by atoms with van der Waals surface area (Å²) >= 11 is 0. The van der Waals surface area contributed by atoms with Gasteiger partial charge < -0.3 is 20.1 Å². The van der Waals surface area contributed by atoms with Gasteiger partial charge in [0.1, 0.15) is 17.6 Å². The van der Waals surface area contributed by atoms with Crippen LogP contribution in [0.3, 0.4) is 0 Å². The Bertz CT molecular complexity index is 691. The number of halogens is 1. The summed E-state index contributed by atoms with van der Waals surface area (Å²) in [6, 6.07) is 4.53. The molecule has 0 bridgehead atoms. The first-order chi connectivity index (χ1) is 13.1. The van der Waals surface area contributed by atoms with Crippen LogP contribution in [-0.4, -0.2) is 37.7 Å². The zero-order chi connectivity index (χ0) is 18.8. The molecule has 2 fully saturated rings. The standard InChI is InChI=1S/C22H32N2O3.ClH/c1-3-26-21-11-16-10-14(2)27-20(16)13-18(21)17-12-19(17)24-22(25)5-4-15-6-8-23-9-7-15;/h11,13-15,17,19,23H,3-10,12H2,1-2H3,(H,24,25);1H. The quantitative estimate of drug-likeness (QED) is 0.723. The third-order valence-corrected chi connectivity index (χ3v) is 6.10. The number of carbonyl (C=O) groups is 1. The Morgan fingerprint density at radius 2 is 2.11 bits per heavy atom. The van der Waals surface area contributed by atoms with Crippen molar-refractivity contribution in [2.24, 2.45) is 5.92 Å². The van der Waals surface area contributed by atoms with Gasteiger partial charge in [0.25, 0.3) is 0 Å². The Morgan fingerprint density at radius 3 is 2.86 bits per heavy atom. The minimum Gasteiger partial charge on any atom is -0.494 e. The molecule has 1 saturated carbocycles. The number of rotatable bonds is 7. The van der Waals surface area contributed by atoms with Gasteiger partial charge in [-0.05, 0) is 70.7 Å². The second-order valence-electron chi connectivity index (χ2n) is 8.31. The van der Waals surface area contributed by atoms with Gasteiger partial charge in [-0.2, -0.15) is 0 Å². The highest BCUT2D eigenvalue weighted by molar-refractivity contribution is 5.85. The highest BCUT2D eigenvalue weighted by Crippen LogP contribution is 2.48. The molecule has 2 N–H and O–H groups in total. The van der Waals surface area contributed by atoms with Crippen molar-refractivity contribution >= 4 is 18.3 Å². The highest BCUT2D eigenvalue weighted by atomic mass is 35.5. The van der Waals surface area contributed by atoms with Gasteiger partial charge in [-0.1, -0.05) is 0 Å². The summed E-state index contributed by atoms with van der Waals surface area (Å²) < 4.78 is 11.8. The summed E-state index contributed by atoms with van der Waals surface area (Å²) in [7, 11) is 0. The maximum absolute atomic E-state index is 12.4. The normalized spacial score (nSPS) is 26.0. The monoisotopic (exact) mass is 408 g/mol. The number of fused-ring (bicyclic) bond motifs is 1. The van der Waals surface area contributed by atoms with Crippen molar-refractivity contribution < 1.29 is 14.3 Å². The Kier molecular flexibility index (Phi) is 7.10. The van der Waals surface area contributed by atoms with Crippen molar-refractivity contribution in [3.63, 3.8) is 0 Å². The second kappa shape index (κ2) is 9.36. The van der Waals surface area contributed by atoms with Crippen LogP contribution in [0, 0.1) is 5.92 Å². The molecule has 3 aliphatic rings. The first-order valence-electron chi connectivity index (χ1n) is 10.6. The van der Waals surface area contributed by atoms with E-state index >= 15 is 0 Å². The van der Waals surface area contributed by atoms with Crippen LogP contribution >= 0.6 is 12.4 Å². The number of benzene rings is 1. The van der Waals surface area contributed by atoms with Crippen LogP contribution in [0.5, 0.6) is 11.5 Å². The molecular weight excluding hydrogens is 376 g/mol. The van der Waals surface area contributed by atoms with E-state index in [9.17, 15) is 4.79 Å². The molecule has 0 radical (unpaired) electrons. The van der Waals surface area contributed by atoms with Crippen molar-refractivity contribution in [3.8, 4) is 11.5 Å². The summed E-state index contributed by atoms with van der Waals surface area (Å²) in [4.78, 5) is 12.4. The average molecular weight is 409 g/mol. The lowest BCUT2D eigenvalue weighted by molar-refractivity contribution is -0.121. The molecule has 3 atom stereocenters. The van der Waals surface area contributed by atoms with Gasteiger partial charge in [0.2, 0.25) is 5.91 Å². The molecule has 28 heavy (non-hydrogen) atoms. The molecule has 1 saturated heterocycles. The molecule has 0 spiro atoms. The van der Waals surface area contributed by atoms with Crippen LogP contribution < -0.4 is 20.1 Å². The fourth-order valence-electron chi connectivity index (χ4n) is 4.51. The molecule has 4 rings (SSSR count). The number of carbonyl (C=O) groups excluding carboxylic acids is 1. The Morgan fingerprint density at radius 1 is 1.32 bits per heavy atom. The molecule has 1 aliphatic carbocycles. The van der Waals surface area contributed by atoms with E-state index in [1.54, 1.807) is 0 Å². The van der Waals surface area contributed by atoms with E-state index in [1.165, 1.54) is 24.0 Å². The van der Waals surface area contributed by atoms with Gasteiger partial charge in [0.05, 0.1) is 6.61 Å². The number of hydrogen-bond acceptors (Lipinski definition) is 4. The summed E-state index contributed by atoms with van der Waals surface area (Å²) in [6.45, 7) is 6.96. The van der Waals surface area contributed by atoms with E-state index in [0.29, 0.717) is 24.9 Å². The van der Waals surface area contributed by atoms with Gasteiger partial charge in [0.15, 0.2) is 0 Å². The maximum atomic E-state index is 12.4. The Balaban J connectivity index is 0.00000225. The molecule has 6 heteroatoms. The molecule has 156 valence electrons. The predicted molar refractivity (Wildman–Crippen MR) is 113 cm³/mol. The fraction of sp³-hybridized carbons (Fsp3) is 0.682. The van der Waals surface area contributed by atoms with E-state index in [0.717, 1.165) is 43.9 Å². The van der Waals surface area contributed by atoms with Crippen molar-refractivity contribution in [2.75, 3.05) is 19.7 Å². The highest BCUT2D eigenvalue weighted by Gasteiger charge is 2.42. The van der Waals surface area contributed by atoms with Crippen molar-refractivity contribution in [1.29, 1.82) is 0 Å². The van der Waals surface area contributed by atoms with Gasteiger partial charge in [-0.3, -0.25) is 4.79 Å². The molecule has 2 heterocycles. The second-order valence-corrected chi connectivity index (χ2v) is 8.31. The topological polar surface area (TPSA) is 59.6 Å². The summed E-state index contributed by atoms with van der Waals surface area (Å²) in [5.74, 6) is 3.20. The lowest BCUT2D eigenvalue weighted by Gasteiger charge is -2.22. The number of hydrogen-bond donors (Lipinski definition) is 2. The van der Waals surface area contributed by atoms with Crippen LogP contribution in [-0.2, 0) is 11.2 Å². The first-order valence-corrected chi connectivity index (χ1v) is 10.6. The lowest BCUT2D eigenvalue weighted by atomic mass is 9.93. The zero-order valence-electron chi connectivity index (χ0n) is 17.0. The minimum atomic E-state index is 0. The Hall–Kier alpha value is -1.46. The van der Waals surface area contributed by atoms with Gasteiger partial charge in [-0.15, -0.1) is 12.4 Å². The molecule has 1 aromatic rings. The Labute approximate surface area is 174 Å². The number of ether oxygens (including phenoxy) is 2. The third-order valence-electron chi connectivity index (χ3n) is 6.10. The van der Waals surface area contributed by atoms with Crippen LogP contribution in [0.2, 0.25) is 0 Å². The minimum absolute atomic E-state index is 0. The van der Waals surface area contributed by atoms with Crippen LogP contribution in [0.25, 0.3) is 0 Å². The average Bonchev–Trinajstić information content (AvgIpc) is 3.31. The molecule has 5 nitrogen and oxygen atoms in total. The van der Waals surface area contributed by atoms with Gasteiger partial charge in [-0.25, -0.2) is 0 Å². The molecular formula is C22H33ClN2O3. The first kappa shape index (κ1) is 21.3. The zero-order valence-corrected chi connectivity index (χ0v) is 17.8. The molecule has 1 aromatic carbocycles. The molecule has 2 aliphatic heterocycles. The van der Waals surface area contributed by atoms with Gasteiger partial charge >= 0.3 is 0 Å². The molecule has 3 unspecified atom stereocenters. The van der Waals surface area contributed by atoms with Crippen LogP contribution in [0.15, 0.2) is 12.1 Å². The van der Waals surface area contributed by atoms with Crippen molar-refractivity contribution in [1.82, 2.24) is 10.6 Å². The third kappa shape index (κ3) is 4.93. The number of piperidine rings is 1.